The number of benzene rings is 1. The maximum Gasteiger partial charge on any atom is 0.346 e. The number of nitrogens with zero attached hydrogens (tertiary/aromatic N) is 3. The predicted molar refractivity (Wildman–Crippen MR) is 74.4 cm³/mol. The Kier molecular flexibility index (Phi) is 3.06. The fourth-order valence-corrected chi connectivity index (χ4v) is 2.65. The summed E-state index contributed by atoms with van der Waals surface area (Å²) in [5, 5.41) is 4.95. The molecule has 0 atom stereocenters. The molecule has 1 aliphatic rings. The summed E-state index contributed by atoms with van der Waals surface area (Å²) in [7, 11) is 0. The van der Waals surface area contributed by atoms with E-state index in [1.165, 1.54) is 4.68 Å². The van der Waals surface area contributed by atoms with Gasteiger partial charge in [-0.2, -0.15) is 5.10 Å². The van der Waals surface area contributed by atoms with Crippen molar-refractivity contribution in [3.63, 3.8) is 0 Å². The number of anilines is 1. The second kappa shape index (κ2) is 4.74. The number of hydrogen-bond donors (Lipinski definition) is 1. The Labute approximate surface area is 115 Å². The van der Waals surface area contributed by atoms with Gasteiger partial charge in [0.25, 0.3) is 0 Å². The smallest absolute Gasteiger partial charge is 0.346 e. The van der Waals surface area contributed by atoms with Gasteiger partial charge in [-0.05, 0) is 30.5 Å². The molecular formula is C13H15ClN4O. The zero-order chi connectivity index (χ0) is 13.4. The normalized spacial score (nSPS) is 14.4. The van der Waals surface area contributed by atoms with E-state index in [2.05, 4.69) is 5.10 Å². The summed E-state index contributed by atoms with van der Waals surface area (Å²) in [5.74, 6) is 0.878. The lowest BCUT2D eigenvalue weighted by Crippen LogP contribution is -2.27. The Morgan fingerprint density at radius 3 is 2.95 bits per heavy atom. The van der Waals surface area contributed by atoms with Crippen LogP contribution in [0.15, 0.2) is 23.0 Å². The molecule has 1 aromatic carbocycles. The first-order valence-electron chi connectivity index (χ1n) is 6.35. The fraction of sp³-hybridized carbons (Fsp3) is 0.385. The minimum atomic E-state index is -0.0532. The molecule has 0 saturated heterocycles. The lowest BCUT2D eigenvalue weighted by Gasteiger charge is -2.09. The van der Waals surface area contributed by atoms with E-state index in [0.29, 0.717) is 17.3 Å². The topological polar surface area (TPSA) is 65.8 Å². The molecule has 100 valence electrons. The van der Waals surface area contributed by atoms with Crippen LogP contribution >= 0.6 is 11.6 Å². The first kappa shape index (κ1) is 12.3. The maximum absolute atomic E-state index is 12.2. The summed E-state index contributed by atoms with van der Waals surface area (Å²) in [4.78, 5) is 12.2. The highest BCUT2D eigenvalue weighted by Gasteiger charge is 2.17. The van der Waals surface area contributed by atoms with Crippen LogP contribution in [0.3, 0.4) is 0 Å². The standard InChI is InChI=1S/C13H15ClN4O/c14-11-7-10(15)5-4-9(11)8-18-13(19)17-6-2-1-3-12(17)16-18/h4-5,7H,1-3,6,8,15H2. The van der Waals surface area contributed by atoms with Gasteiger partial charge in [0.1, 0.15) is 5.82 Å². The molecule has 3 rings (SSSR count). The summed E-state index contributed by atoms with van der Waals surface area (Å²) in [6, 6.07) is 5.31. The van der Waals surface area contributed by atoms with E-state index < -0.39 is 0 Å². The van der Waals surface area contributed by atoms with Gasteiger partial charge in [0.2, 0.25) is 0 Å². The minimum absolute atomic E-state index is 0.0532. The molecule has 19 heavy (non-hydrogen) atoms. The van der Waals surface area contributed by atoms with E-state index in [4.69, 9.17) is 17.3 Å². The van der Waals surface area contributed by atoms with E-state index in [-0.39, 0.29) is 5.69 Å². The van der Waals surface area contributed by atoms with Gasteiger partial charge < -0.3 is 5.73 Å². The number of hydrogen-bond acceptors (Lipinski definition) is 3. The van der Waals surface area contributed by atoms with Crippen molar-refractivity contribution in [3.05, 3.63) is 45.1 Å². The second-order valence-electron chi connectivity index (χ2n) is 4.82. The number of halogens is 1. The summed E-state index contributed by atoms with van der Waals surface area (Å²) >= 11 is 6.13. The molecule has 0 aliphatic carbocycles. The number of aryl methyl sites for hydroxylation is 1. The molecule has 0 spiro atoms. The monoisotopic (exact) mass is 278 g/mol. The summed E-state index contributed by atoms with van der Waals surface area (Å²) in [6.45, 7) is 1.15. The summed E-state index contributed by atoms with van der Waals surface area (Å²) < 4.78 is 3.24. The highest BCUT2D eigenvalue weighted by Crippen LogP contribution is 2.20. The lowest BCUT2D eigenvalue weighted by atomic mass is 10.2. The molecular weight excluding hydrogens is 264 g/mol. The number of aromatic nitrogens is 3. The minimum Gasteiger partial charge on any atom is -0.399 e. The fourth-order valence-electron chi connectivity index (χ4n) is 2.40. The second-order valence-corrected chi connectivity index (χ2v) is 5.22. The average Bonchev–Trinajstić information content (AvgIpc) is 2.70. The Morgan fingerprint density at radius 2 is 2.21 bits per heavy atom. The van der Waals surface area contributed by atoms with Crippen molar-refractivity contribution in [1.82, 2.24) is 14.3 Å². The number of rotatable bonds is 2. The van der Waals surface area contributed by atoms with Crippen molar-refractivity contribution in [3.8, 4) is 0 Å². The van der Waals surface area contributed by atoms with Gasteiger partial charge in [-0.15, -0.1) is 0 Å². The number of nitrogen functional groups attached to an aromatic ring is 1. The van der Waals surface area contributed by atoms with Crippen LogP contribution in [0.4, 0.5) is 5.69 Å². The molecule has 2 heterocycles. The highest BCUT2D eigenvalue weighted by atomic mass is 35.5. The van der Waals surface area contributed by atoms with Crippen LogP contribution < -0.4 is 11.4 Å². The van der Waals surface area contributed by atoms with E-state index in [0.717, 1.165) is 37.2 Å². The summed E-state index contributed by atoms with van der Waals surface area (Å²) in [5.41, 5.74) is 7.08. The van der Waals surface area contributed by atoms with Gasteiger partial charge in [-0.3, -0.25) is 4.57 Å². The third-order valence-electron chi connectivity index (χ3n) is 3.43. The molecule has 2 aromatic rings. The molecule has 1 aromatic heterocycles. The van der Waals surface area contributed by atoms with Crippen LogP contribution in [0.25, 0.3) is 0 Å². The Balaban J connectivity index is 1.95. The SMILES string of the molecule is Nc1ccc(Cn2nc3n(c2=O)CCCC3)c(Cl)c1. The molecule has 5 nitrogen and oxygen atoms in total. The van der Waals surface area contributed by atoms with Gasteiger partial charge in [0.15, 0.2) is 0 Å². The Hall–Kier alpha value is -1.75. The first-order valence-corrected chi connectivity index (χ1v) is 6.73. The highest BCUT2D eigenvalue weighted by molar-refractivity contribution is 6.31. The van der Waals surface area contributed by atoms with E-state index in [1.54, 1.807) is 16.7 Å². The maximum atomic E-state index is 12.2. The molecule has 0 saturated carbocycles. The van der Waals surface area contributed by atoms with Crippen molar-refractivity contribution in [2.24, 2.45) is 0 Å². The summed E-state index contributed by atoms with van der Waals surface area (Å²) in [6.07, 6.45) is 3.01. The lowest BCUT2D eigenvalue weighted by molar-refractivity contribution is 0.511. The molecule has 0 amide bonds. The quantitative estimate of drug-likeness (QED) is 0.850. The van der Waals surface area contributed by atoms with Gasteiger partial charge in [0.05, 0.1) is 6.54 Å². The molecule has 0 fully saturated rings. The van der Waals surface area contributed by atoms with Crippen LogP contribution in [0.5, 0.6) is 0 Å². The predicted octanol–water partition coefficient (Wildman–Crippen LogP) is 1.67. The van der Waals surface area contributed by atoms with Crippen LogP contribution in [-0.2, 0) is 19.5 Å². The van der Waals surface area contributed by atoms with Crippen LogP contribution in [0.1, 0.15) is 24.2 Å². The third kappa shape index (κ3) is 2.26. The zero-order valence-electron chi connectivity index (χ0n) is 10.5. The van der Waals surface area contributed by atoms with E-state index in [9.17, 15) is 4.79 Å². The van der Waals surface area contributed by atoms with Crippen LogP contribution in [0, 0.1) is 0 Å². The molecule has 0 bridgehead atoms. The van der Waals surface area contributed by atoms with E-state index >= 15 is 0 Å². The first-order chi connectivity index (χ1) is 9.15. The molecule has 0 radical (unpaired) electrons. The molecule has 6 heteroatoms. The Morgan fingerprint density at radius 1 is 1.37 bits per heavy atom. The van der Waals surface area contributed by atoms with Crippen molar-refractivity contribution < 1.29 is 0 Å². The molecule has 2 N–H and O–H groups in total. The van der Waals surface area contributed by atoms with Crippen molar-refractivity contribution in [1.29, 1.82) is 0 Å². The van der Waals surface area contributed by atoms with Gasteiger partial charge in [0, 0.05) is 23.7 Å². The van der Waals surface area contributed by atoms with Gasteiger partial charge >= 0.3 is 5.69 Å². The van der Waals surface area contributed by atoms with Crippen LogP contribution in [0.2, 0.25) is 5.02 Å². The van der Waals surface area contributed by atoms with Crippen molar-refractivity contribution in [2.75, 3.05) is 5.73 Å². The van der Waals surface area contributed by atoms with Crippen LogP contribution in [-0.4, -0.2) is 14.3 Å². The average molecular weight is 279 g/mol. The van der Waals surface area contributed by atoms with Crippen molar-refractivity contribution >= 4 is 17.3 Å². The van der Waals surface area contributed by atoms with Gasteiger partial charge in [-0.25, -0.2) is 9.48 Å². The van der Waals surface area contributed by atoms with E-state index in [1.807, 2.05) is 6.07 Å². The Bertz CT molecular complexity index is 674. The molecule has 1 aliphatic heterocycles. The van der Waals surface area contributed by atoms with Gasteiger partial charge in [-0.1, -0.05) is 17.7 Å². The third-order valence-corrected chi connectivity index (χ3v) is 3.78. The zero-order valence-corrected chi connectivity index (χ0v) is 11.2. The number of nitrogens with two attached hydrogens (primary N) is 1. The molecule has 0 unspecified atom stereocenters. The largest absolute Gasteiger partial charge is 0.399 e. The van der Waals surface area contributed by atoms with Crippen molar-refractivity contribution in [2.45, 2.75) is 32.4 Å². The number of fused-ring (bicyclic) bond motifs is 1.